The molecule has 186 valence electrons. The van der Waals surface area contributed by atoms with Gasteiger partial charge in [0.1, 0.15) is 11.6 Å². The van der Waals surface area contributed by atoms with Crippen molar-refractivity contribution in [3.63, 3.8) is 0 Å². The molecule has 1 amide bonds. The van der Waals surface area contributed by atoms with Gasteiger partial charge in [0.2, 0.25) is 5.91 Å². The van der Waals surface area contributed by atoms with Gasteiger partial charge in [-0.3, -0.25) is 4.79 Å². The van der Waals surface area contributed by atoms with Crippen molar-refractivity contribution in [2.45, 2.75) is 51.5 Å². The van der Waals surface area contributed by atoms with Gasteiger partial charge >= 0.3 is 0 Å². The van der Waals surface area contributed by atoms with Crippen LogP contribution in [0, 0.1) is 0 Å². The molecule has 2 heterocycles. The number of carbonyl (C=O) groups is 1. The molecule has 3 aromatic carbocycles. The minimum atomic E-state index is 0.0613. The molecule has 1 aliphatic heterocycles. The topological polar surface area (TPSA) is 47.4 Å². The third-order valence-electron chi connectivity index (χ3n) is 6.89. The maximum Gasteiger partial charge on any atom is 0.227 e. The standard InChI is InChI=1S/C30H32BrN3O2/c1-21(2)23-11-3-8-16-28(23)36-18-10-9-17-33-27-15-7-5-13-25(27)32-30(33)22-19-29(35)34(20-22)26-14-6-4-12-24(26)31/h3-8,11-16,21-22H,9-10,17-20H2,1-2H3. The highest BCUT2D eigenvalue weighted by molar-refractivity contribution is 9.10. The third kappa shape index (κ3) is 5.05. The first-order valence-electron chi connectivity index (χ1n) is 12.7. The van der Waals surface area contributed by atoms with E-state index in [0.717, 1.165) is 52.2 Å². The molecular weight excluding hydrogens is 514 g/mol. The van der Waals surface area contributed by atoms with Gasteiger partial charge < -0.3 is 14.2 Å². The molecule has 4 aromatic rings. The van der Waals surface area contributed by atoms with E-state index >= 15 is 0 Å². The van der Waals surface area contributed by atoms with Crippen LogP contribution < -0.4 is 9.64 Å². The number of halogens is 1. The number of nitrogens with zero attached hydrogens (tertiary/aromatic N) is 3. The zero-order valence-corrected chi connectivity index (χ0v) is 22.4. The Balaban J connectivity index is 1.29. The van der Waals surface area contributed by atoms with E-state index in [2.05, 4.69) is 70.7 Å². The summed E-state index contributed by atoms with van der Waals surface area (Å²) in [4.78, 5) is 19.9. The molecule has 1 aromatic heterocycles. The summed E-state index contributed by atoms with van der Waals surface area (Å²) in [6, 6.07) is 24.5. The summed E-state index contributed by atoms with van der Waals surface area (Å²) in [6.07, 6.45) is 2.40. The van der Waals surface area contributed by atoms with E-state index < -0.39 is 0 Å². The molecule has 1 atom stereocenters. The molecule has 1 aliphatic rings. The maximum absolute atomic E-state index is 13.0. The van der Waals surface area contributed by atoms with Crippen LogP contribution >= 0.6 is 15.9 Å². The minimum absolute atomic E-state index is 0.0613. The fourth-order valence-electron chi connectivity index (χ4n) is 5.07. The number of unbranched alkanes of at least 4 members (excludes halogenated alkanes) is 1. The molecule has 1 saturated heterocycles. The van der Waals surface area contributed by atoms with Crippen LogP contribution in [-0.4, -0.2) is 28.6 Å². The Morgan fingerprint density at radius 3 is 2.58 bits per heavy atom. The molecule has 0 bridgehead atoms. The van der Waals surface area contributed by atoms with Crippen LogP contribution in [-0.2, 0) is 11.3 Å². The van der Waals surface area contributed by atoms with Crippen LogP contribution in [0.3, 0.4) is 0 Å². The van der Waals surface area contributed by atoms with Crippen molar-refractivity contribution in [2.24, 2.45) is 0 Å². The molecular formula is C30H32BrN3O2. The second-order valence-corrected chi connectivity index (χ2v) is 10.6. The van der Waals surface area contributed by atoms with Crippen LogP contribution in [0.1, 0.15) is 56.3 Å². The summed E-state index contributed by atoms with van der Waals surface area (Å²) >= 11 is 3.60. The Hall–Kier alpha value is -3.12. The lowest BCUT2D eigenvalue weighted by Crippen LogP contribution is -2.25. The number of rotatable bonds is 9. The number of para-hydroxylation sites is 4. The van der Waals surface area contributed by atoms with E-state index in [1.165, 1.54) is 5.56 Å². The predicted molar refractivity (Wildman–Crippen MR) is 149 cm³/mol. The van der Waals surface area contributed by atoms with E-state index in [1.54, 1.807) is 0 Å². The Labute approximate surface area is 221 Å². The number of amides is 1. The predicted octanol–water partition coefficient (Wildman–Crippen LogP) is 7.30. The molecule has 5 nitrogen and oxygen atoms in total. The molecule has 0 saturated carbocycles. The van der Waals surface area contributed by atoms with E-state index in [-0.39, 0.29) is 11.8 Å². The number of hydrogen-bond donors (Lipinski definition) is 0. The monoisotopic (exact) mass is 545 g/mol. The quantitative estimate of drug-likeness (QED) is 0.207. The summed E-state index contributed by atoms with van der Waals surface area (Å²) in [7, 11) is 0. The number of imidazole rings is 1. The van der Waals surface area contributed by atoms with Gasteiger partial charge in [-0.15, -0.1) is 0 Å². The van der Waals surface area contributed by atoms with Crippen molar-refractivity contribution in [2.75, 3.05) is 18.1 Å². The van der Waals surface area contributed by atoms with E-state index in [9.17, 15) is 4.79 Å². The normalized spacial score (nSPS) is 15.8. The average Bonchev–Trinajstić information content (AvgIpc) is 3.44. The highest BCUT2D eigenvalue weighted by atomic mass is 79.9. The van der Waals surface area contributed by atoms with Crippen LogP contribution in [0.25, 0.3) is 11.0 Å². The molecule has 0 aliphatic carbocycles. The molecule has 0 spiro atoms. The SMILES string of the molecule is CC(C)c1ccccc1OCCCCn1c(C2CC(=O)N(c3ccccc3Br)C2)nc2ccccc21. The highest BCUT2D eigenvalue weighted by Gasteiger charge is 2.35. The van der Waals surface area contributed by atoms with Crippen molar-refractivity contribution in [1.29, 1.82) is 0 Å². The van der Waals surface area contributed by atoms with Crippen LogP contribution in [0.4, 0.5) is 5.69 Å². The fraction of sp³-hybridized carbons (Fsp3) is 0.333. The van der Waals surface area contributed by atoms with Gasteiger partial charge in [0.25, 0.3) is 0 Å². The van der Waals surface area contributed by atoms with E-state index in [4.69, 9.17) is 9.72 Å². The Morgan fingerprint density at radius 2 is 1.75 bits per heavy atom. The molecule has 0 radical (unpaired) electrons. The van der Waals surface area contributed by atoms with Crippen molar-refractivity contribution >= 4 is 38.6 Å². The number of fused-ring (bicyclic) bond motifs is 1. The van der Waals surface area contributed by atoms with E-state index in [0.29, 0.717) is 25.5 Å². The number of ether oxygens (including phenoxy) is 1. The van der Waals surface area contributed by atoms with Gasteiger partial charge in [-0.05, 0) is 70.6 Å². The zero-order valence-electron chi connectivity index (χ0n) is 20.9. The lowest BCUT2D eigenvalue weighted by atomic mass is 10.0. The second kappa shape index (κ2) is 10.9. The van der Waals surface area contributed by atoms with Gasteiger partial charge in [0, 0.05) is 29.9 Å². The zero-order chi connectivity index (χ0) is 25.1. The molecule has 1 unspecified atom stereocenters. The number of anilines is 1. The van der Waals surface area contributed by atoms with Gasteiger partial charge in [0.15, 0.2) is 0 Å². The maximum atomic E-state index is 13.0. The third-order valence-corrected chi connectivity index (χ3v) is 7.56. The number of carbonyl (C=O) groups excluding carboxylic acids is 1. The smallest absolute Gasteiger partial charge is 0.227 e. The second-order valence-electron chi connectivity index (χ2n) is 9.72. The summed E-state index contributed by atoms with van der Waals surface area (Å²) in [5.74, 6) is 2.63. The van der Waals surface area contributed by atoms with Gasteiger partial charge in [-0.2, -0.15) is 0 Å². The Morgan fingerprint density at radius 1 is 1.00 bits per heavy atom. The molecule has 1 fully saturated rings. The lowest BCUT2D eigenvalue weighted by Gasteiger charge is -2.19. The Kier molecular flexibility index (Phi) is 7.42. The number of hydrogen-bond acceptors (Lipinski definition) is 3. The average molecular weight is 547 g/mol. The van der Waals surface area contributed by atoms with Crippen molar-refractivity contribution in [3.05, 3.63) is 88.7 Å². The van der Waals surface area contributed by atoms with Crippen molar-refractivity contribution < 1.29 is 9.53 Å². The molecule has 36 heavy (non-hydrogen) atoms. The summed E-state index contributed by atoms with van der Waals surface area (Å²) in [5, 5.41) is 0. The minimum Gasteiger partial charge on any atom is -0.493 e. The van der Waals surface area contributed by atoms with Crippen molar-refractivity contribution in [1.82, 2.24) is 9.55 Å². The van der Waals surface area contributed by atoms with E-state index in [1.807, 2.05) is 41.3 Å². The van der Waals surface area contributed by atoms with Gasteiger partial charge in [0.05, 0.1) is 23.3 Å². The van der Waals surface area contributed by atoms with Gasteiger partial charge in [-0.1, -0.05) is 56.3 Å². The van der Waals surface area contributed by atoms with Crippen LogP contribution in [0.2, 0.25) is 0 Å². The number of aromatic nitrogens is 2. The molecule has 5 rings (SSSR count). The first-order chi connectivity index (χ1) is 17.5. The van der Waals surface area contributed by atoms with Gasteiger partial charge in [-0.25, -0.2) is 4.98 Å². The number of aryl methyl sites for hydroxylation is 1. The largest absolute Gasteiger partial charge is 0.493 e. The summed E-state index contributed by atoms with van der Waals surface area (Å²) in [6.45, 7) is 6.56. The van der Waals surface area contributed by atoms with Crippen LogP contribution in [0.5, 0.6) is 5.75 Å². The van der Waals surface area contributed by atoms with Crippen molar-refractivity contribution in [3.8, 4) is 5.75 Å². The first kappa shape index (κ1) is 24.6. The van der Waals surface area contributed by atoms with Crippen LogP contribution in [0.15, 0.2) is 77.3 Å². The lowest BCUT2D eigenvalue weighted by molar-refractivity contribution is -0.117. The Bertz CT molecular complexity index is 1360. The number of benzene rings is 3. The molecule has 0 N–H and O–H groups in total. The highest BCUT2D eigenvalue weighted by Crippen LogP contribution is 2.36. The molecule has 6 heteroatoms. The summed E-state index contributed by atoms with van der Waals surface area (Å²) < 4.78 is 9.40. The summed E-state index contributed by atoms with van der Waals surface area (Å²) in [5.41, 5.74) is 4.29. The fourth-order valence-corrected chi connectivity index (χ4v) is 5.57. The first-order valence-corrected chi connectivity index (χ1v) is 13.5.